The average Bonchev–Trinajstić information content (AvgIpc) is 2.49. The number of nitrogens with one attached hydrogen (secondary N) is 3. The van der Waals surface area contributed by atoms with Gasteiger partial charge in [0, 0.05) is 11.8 Å². The molecule has 1 heterocycles. The molecule has 7 heteroatoms. The second kappa shape index (κ2) is 5.84. The van der Waals surface area contributed by atoms with Crippen LogP contribution < -0.4 is 15.8 Å². The van der Waals surface area contributed by atoms with Crippen LogP contribution in [0.3, 0.4) is 0 Å². The van der Waals surface area contributed by atoms with Gasteiger partial charge in [-0.2, -0.15) is 0 Å². The molecule has 4 N–H and O–H groups in total. The van der Waals surface area contributed by atoms with E-state index in [1.54, 1.807) is 42.5 Å². The standard InChI is InChI=1S/C15H14N4O3/c20-14(21)9-10-5-7-11(8-6-10)16-15-17-12-3-1-2-4-13(12)19(22)18-15/h1-8,19H,9H2,(H,20,21)(H2,16,17,18). The maximum absolute atomic E-state index is 11.9. The number of anilines is 2. The van der Waals surface area contributed by atoms with Crippen LogP contribution in [0.2, 0.25) is 0 Å². The lowest BCUT2D eigenvalue weighted by atomic mass is 10.1. The van der Waals surface area contributed by atoms with Crippen molar-refractivity contribution in [2.75, 3.05) is 10.6 Å². The van der Waals surface area contributed by atoms with Crippen LogP contribution in [0.5, 0.6) is 0 Å². The van der Waals surface area contributed by atoms with Crippen LogP contribution in [-0.4, -0.2) is 17.0 Å². The Morgan fingerprint density at radius 2 is 1.95 bits per heavy atom. The van der Waals surface area contributed by atoms with Crippen molar-refractivity contribution >= 4 is 29.0 Å². The number of hydrogen-bond donors (Lipinski definition) is 4. The number of hydrogen-bond acceptors (Lipinski definition) is 5. The first-order chi connectivity index (χ1) is 10.6. The molecule has 2 aromatic carbocycles. The lowest BCUT2D eigenvalue weighted by Crippen LogP contribution is -2.98. The molecule has 0 fully saturated rings. The number of benzene rings is 2. The van der Waals surface area contributed by atoms with Crippen LogP contribution in [0.25, 0.3) is 0 Å². The van der Waals surface area contributed by atoms with Crippen molar-refractivity contribution in [2.45, 2.75) is 6.42 Å². The Bertz CT molecular complexity index is 728. The predicted octanol–water partition coefficient (Wildman–Crippen LogP) is 1.14. The highest BCUT2D eigenvalue weighted by molar-refractivity contribution is 6.05. The highest BCUT2D eigenvalue weighted by Gasteiger charge is 2.18. The van der Waals surface area contributed by atoms with E-state index >= 15 is 0 Å². The van der Waals surface area contributed by atoms with Gasteiger partial charge in [0.25, 0.3) is 5.96 Å². The van der Waals surface area contributed by atoms with Crippen molar-refractivity contribution in [3.63, 3.8) is 0 Å². The molecule has 0 aromatic heterocycles. The zero-order valence-corrected chi connectivity index (χ0v) is 11.5. The lowest BCUT2D eigenvalue weighted by molar-refractivity contribution is -0.783. The van der Waals surface area contributed by atoms with Crippen molar-refractivity contribution in [3.8, 4) is 0 Å². The second-order valence-corrected chi connectivity index (χ2v) is 4.83. The molecule has 1 unspecified atom stereocenters. The third kappa shape index (κ3) is 3.05. The quantitative estimate of drug-likeness (QED) is 0.637. The van der Waals surface area contributed by atoms with E-state index < -0.39 is 5.97 Å². The third-order valence-electron chi connectivity index (χ3n) is 3.20. The van der Waals surface area contributed by atoms with Gasteiger partial charge in [0.2, 0.25) is 0 Å². The Morgan fingerprint density at radius 3 is 2.68 bits per heavy atom. The number of nitrogens with zero attached hydrogens (tertiary/aromatic N) is 1. The minimum atomic E-state index is -0.874. The van der Waals surface area contributed by atoms with Gasteiger partial charge in [0.1, 0.15) is 5.69 Å². The van der Waals surface area contributed by atoms with E-state index in [0.717, 1.165) is 0 Å². The molecule has 7 nitrogen and oxygen atoms in total. The monoisotopic (exact) mass is 298 g/mol. The molecule has 0 bridgehead atoms. The molecule has 1 aliphatic heterocycles. The van der Waals surface area contributed by atoms with E-state index in [2.05, 4.69) is 15.7 Å². The predicted molar refractivity (Wildman–Crippen MR) is 82.9 cm³/mol. The molecule has 1 atom stereocenters. The highest BCUT2D eigenvalue weighted by Crippen LogP contribution is 2.19. The van der Waals surface area contributed by atoms with Crippen molar-refractivity contribution in [1.29, 1.82) is 0 Å². The van der Waals surface area contributed by atoms with Crippen LogP contribution in [-0.2, 0) is 11.2 Å². The fourth-order valence-corrected chi connectivity index (χ4v) is 2.17. The summed E-state index contributed by atoms with van der Waals surface area (Å²) in [4.78, 5) is 10.6. The summed E-state index contributed by atoms with van der Waals surface area (Å²) >= 11 is 0. The van der Waals surface area contributed by atoms with E-state index in [0.29, 0.717) is 28.6 Å². The summed E-state index contributed by atoms with van der Waals surface area (Å²) in [5.41, 5.74) is 2.66. The SMILES string of the molecule is O=C(O)Cc1ccc(NC2=N[NH+]([O-])c3ccccc3N2)cc1. The first-order valence-electron chi connectivity index (χ1n) is 6.68. The number of carboxylic acids is 1. The van der Waals surface area contributed by atoms with Crippen LogP contribution in [0.15, 0.2) is 53.6 Å². The van der Waals surface area contributed by atoms with Crippen LogP contribution in [0.1, 0.15) is 5.56 Å². The molecule has 0 radical (unpaired) electrons. The largest absolute Gasteiger partial charge is 0.601 e. The maximum atomic E-state index is 11.9. The zero-order chi connectivity index (χ0) is 15.5. The normalized spacial score (nSPS) is 16.2. The van der Waals surface area contributed by atoms with E-state index in [9.17, 15) is 10.0 Å². The number of aliphatic carboxylic acids is 1. The Hall–Kier alpha value is -2.90. The molecule has 0 amide bonds. The molecular weight excluding hydrogens is 284 g/mol. The molecule has 2 aromatic rings. The highest BCUT2D eigenvalue weighted by atomic mass is 16.5. The minimum absolute atomic E-state index is 0.0225. The van der Waals surface area contributed by atoms with Gasteiger partial charge in [-0.1, -0.05) is 24.3 Å². The molecule has 0 saturated carbocycles. The number of guanidine groups is 1. The number of carboxylic acid groups (broad SMARTS) is 1. The topological polar surface area (TPSA) is 101 Å². The number of quaternary nitrogens is 1. The van der Waals surface area contributed by atoms with E-state index in [-0.39, 0.29) is 11.6 Å². The van der Waals surface area contributed by atoms with Gasteiger partial charge in [-0.3, -0.25) is 4.79 Å². The smallest absolute Gasteiger partial charge is 0.307 e. The van der Waals surface area contributed by atoms with Gasteiger partial charge >= 0.3 is 5.97 Å². The van der Waals surface area contributed by atoms with Gasteiger partial charge < -0.3 is 20.9 Å². The Morgan fingerprint density at radius 1 is 1.23 bits per heavy atom. The van der Waals surface area contributed by atoms with E-state index in [1.165, 1.54) is 0 Å². The Labute approximate surface area is 126 Å². The van der Waals surface area contributed by atoms with Crippen LogP contribution in [0, 0.1) is 5.21 Å². The molecule has 1 aliphatic rings. The van der Waals surface area contributed by atoms with Crippen LogP contribution in [0.4, 0.5) is 17.1 Å². The molecule has 22 heavy (non-hydrogen) atoms. The molecule has 112 valence electrons. The summed E-state index contributed by atoms with van der Waals surface area (Å²) < 4.78 is 0. The van der Waals surface area contributed by atoms with Gasteiger partial charge in [-0.15, -0.1) is 0 Å². The van der Waals surface area contributed by atoms with E-state index in [1.807, 2.05) is 6.07 Å². The first kappa shape index (κ1) is 14.1. The van der Waals surface area contributed by atoms with Gasteiger partial charge in [0.05, 0.1) is 6.42 Å². The summed E-state index contributed by atoms with van der Waals surface area (Å²) in [5.74, 6) is -0.532. The lowest BCUT2D eigenvalue weighted by Gasteiger charge is -2.24. The molecule has 0 spiro atoms. The first-order valence-corrected chi connectivity index (χ1v) is 6.68. The number of rotatable bonds is 3. The fraction of sp³-hybridized carbons (Fsp3) is 0.0667. The van der Waals surface area contributed by atoms with Crippen molar-refractivity contribution < 1.29 is 15.1 Å². The van der Waals surface area contributed by atoms with Gasteiger partial charge in [-0.25, -0.2) is 5.17 Å². The fourth-order valence-electron chi connectivity index (χ4n) is 2.17. The van der Waals surface area contributed by atoms with Gasteiger partial charge in [0.15, 0.2) is 5.69 Å². The number of para-hydroxylation sites is 1. The number of carbonyl (C=O) groups is 1. The van der Waals surface area contributed by atoms with Crippen molar-refractivity contribution in [3.05, 3.63) is 59.3 Å². The van der Waals surface area contributed by atoms with Crippen molar-refractivity contribution in [1.82, 2.24) is 0 Å². The van der Waals surface area contributed by atoms with Gasteiger partial charge in [-0.05, 0) is 28.9 Å². The van der Waals surface area contributed by atoms with Crippen molar-refractivity contribution in [2.24, 2.45) is 5.10 Å². The van der Waals surface area contributed by atoms with E-state index in [4.69, 9.17) is 5.11 Å². The average molecular weight is 298 g/mol. The third-order valence-corrected chi connectivity index (χ3v) is 3.20. The number of fused-ring (bicyclic) bond motifs is 1. The molecule has 3 rings (SSSR count). The minimum Gasteiger partial charge on any atom is -0.601 e. The summed E-state index contributed by atoms with van der Waals surface area (Å²) in [6.07, 6.45) is -0.0225. The Kier molecular flexibility index (Phi) is 3.73. The summed E-state index contributed by atoms with van der Waals surface area (Å²) in [5, 5.41) is 30.4. The zero-order valence-electron chi connectivity index (χ0n) is 11.5. The maximum Gasteiger partial charge on any atom is 0.307 e. The summed E-state index contributed by atoms with van der Waals surface area (Å²) in [6, 6.07) is 14.1. The Balaban J connectivity index is 1.73. The van der Waals surface area contributed by atoms with Crippen LogP contribution >= 0.6 is 0 Å². The molecule has 0 aliphatic carbocycles. The summed E-state index contributed by atoms with van der Waals surface area (Å²) in [7, 11) is 0. The molecular formula is C15H14N4O3. The second-order valence-electron chi connectivity index (χ2n) is 4.83. The molecule has 0 saturated heterocycles. The summed E-state index contributed by atoms with van der Waals surface area (Å²) in [6.45, 7) is 0.